The zero-order valence-corrected chi connectivity index (χ0v) is 8.31. The Hall–Kier alpha value is -0.433. The number of nitrogens with two attached hydrogens (primary N) is 1. The van der Waals surface area contributed by atoms with Crippen molar-refractivity contribution in [1.82, 2.24) is 0 Å². The molecule has 76 valence electrons. The zero-order valence-electron chi connectivity index (χ0n) is 9.31. The predicted molar refractivity (Wildman–Crippen MR) is 47.2 cm³/mol. The second kappa shape index (κ2) is 7.92. The van der Waals surface area contributed by atoms with Crippen LogP contribution in [0.5, 0.6) is 0 Å². The summed E-state index contributed by atoms with van der Waals surface area (Å²) in [5.41, 5.74) is 6.54. The number of alkyl halides is 3. The van der Waals surface area contributed by atoms with Crippen LogP contribution in [0.25, 0.3) is 0 Å². The fourth-order valence-corrected chi connectivity index (χ4v) is 0.614. The molecule has 0 heterocycles. The van der Waals surface area contributed by atoms with E-state index in [-0.39, 0.29) is 27.2 Å². The molecular weight excluding hydrogens is 186 g/mol. The van der Waals surface area contributed by atoms with Crippen molar-refractivity contribution in [1.29, 1.82) is 0 Å². The van der Waals surface area contributed by atoms with Crippen LogP contribution in [0.3, 0.4) is 0 Å². The van der Waals surface area contributed by atoms with Crippen LogP contribution >= 0.6 is 0 Å². The molecule has 0 aliphatic rings. The maximum atomic E-state index is 10.4. The molecule has 0 aromatic heterocycles. The molecular formula is C9H13F3LiN. The molecule has 0 unspecified atom stereocenters. The third kappa shape index (κ3) is 14.1. The predicted octanol–water partition coefficient (Wildman–Crippen LogP) is -0.170. The normalized spacial score (nSPS) is 9.50. The van der Waals surface area contributed by atoms with Gasteiger partial charge in [-0.1, -0.05) is 30.3 Å². The summed E-state index contributed by atoms with van der Waals surface area (Å²) in [4.78, 5) is 0. The zero-order chi connectivity index (χ0) is 10.3. The summed E-state index contributed by atoms with van der Waals surface area (Å²) in [6.45, 7) is 0.827. The smallest absolute Gasteiger partial charge is 1.00 e. The van der Waals surface area contributed by atoms with Gasteiger partial charge >= 0.3 is 25.0 Å². The Kier molecular flexibility index (Phi) is 9.06. The van der Waals surface area contributed by atoms with Crippen LogP contribution in [0.1, 0.15) is 13.9 Å². The van der Waals surface area contributed by atoms with Gasteiger partial charge in [0.25, 0.3) is 0 Å². The molecule has 0 atom stereocenters. The Balaban J connectivity index is -0.000000185. The van der Waals surface area contributed by atoms with E-state index in [1.54, 1.807) is 0 Å². The van der Waals surface area contributed by atoms with Gasteiger partial charge in [-0.2, -0.15) is 13.2 Å². The summed E-state index contributed by atoms with van der Waals surface area (Å²) in [7, 11) is 0. The molecule has 14 heavy (non-hydrogen) atoms. The van der Waals surface area contributed by atoms with Crippen molar-refractivity contribution in [3.8, 4) is 0 Å². The Bertz CT molecular complexity index is 223. The van der Waals surface area contributed by atoms with Crippen LogP contribution in [0.15, 0.2) is 30.3 Å². The van der Waals surface area contributed by atoms with E-state index in [0.29, 0.717) is 6.54 Å². The third-order valence-electron chi connectivity index (χ3n) is 1.08. The molecule has 2 N–H and O–H groups in total. The first-order valence-electron chi connectivity index (χ1n) is 3.74. The minimum Gasteiger partial charge on any atom is -1.00 e. The summed E-state index contributed by atoms with van der Waals surface area (Å²) in [6.07, 6.45) is -4.00. The molecule has 0 spiro atoms. The molecule has 0 aliphatic heterocycles. The molecule has 0 bridgehead atoms. The van der Waals surface area contributed by atoms with E-state index < -0.39 is 6.18 Å². The van der Waals surface area contributed by atoms with Gasteiger partial charge in [-0.15, -0.1) is 0 Å². The average Bonchev–Trinajstić information content (AvgIpc) is 2.03. The van der Waals surface area contributed by atoms with Crippen molar-refractivity contribution in [3.05, 3.63) is 35.9 Å². The van der Waals surface area contributed by atoms with Crippen LogP contribution in [0.2, 0.25) is 0 Å². The number of hydrogen-bond donors (Lipinski definition) is 1. The summed E-state index contributed by atoms with van der Waals surface area (Å²) in [5.74, 6) is 0. The minimum atomic E-state index is -4.00. The summed E-state index contributed by atoms with van der Waals surface area (Å²) >= 11 is 0. The van der Waals surface area contributed by atoms with Crippen molar-refractivity contribution in [2.75, 3.05) is 0 Å². The molecule has 0 amide bonds. The fourth-order valence-electron chi connectivity index (χ4n) is 0.614. The quantitative estimate of drug-likeness (QED) is 0.624. The van der Waals surface area contributed by atoms with Crippen LogP contribution in [-0.4, -0.2) is 6.18 Å². The topological polar surface area (TPSA) is 26.0 Å². The summed E-state index contributed by atoms with van der Waals surface area (Å²) < 4.78 is 31.1. The SMILES string of the molecule is CC(F)(F)F.NCc1ccccc1.[H-].[Li+]. The molecule has 1 aromatic rings. The van der Waals surface area contributed by atoms with E-state index in [1.807, 2.05) is 30.3 Å². The van der Waals surface area contributed by atoms with Gasteiger partial charge in [-0.05, 0) is 5.56 Å². The molecule has 1 rings (SSSR count). The van der Waals surface area contributed by atoms with Crippen molar-refractivity contribution in [2.24, 2.45) is 5.73 Å². The molecule has 0 aliphatic carbocycles. The van der Waals surface area contributed by atoms with Gasteiger partial charge in [0, 0.05) is 13.5 Å². The van der Waals surface area contributed by atoms with Gasteiger partial charge < -0.3 is 7.16 Å². The third-order valence-corrected chi connectivity index (χ3v) is 1.08. The largest absolute Gasteiger partial charge is 1.00 e. The van der Waals surface area contributed by atoms with Crippen LogP contribution in [0.4, 0.5) is 13.2 Å². The maximum absolute atomic E-state index is 10.4. The molecule has 0 fully saturated rings. The van der Waals surface area contributed by atoms with Gasteiger partial charge in [0.2, 0.25) is 0 Å². The molecule has 1 nitrogen and oxygen atoms in total. The Labute approximate surface area is 95.2 Å². The fraction of sp³-hybridized carbons (Fsp3) is 0.333. The number of hydrogen-bond acceptors (Lipinski definition) is 1. The summed E-state index contributed by atoms with van der Waals surface area (Å²) in [6, 6.07) is 9.99. The number of benzene rings is 1. The first-order valence-corrected chi connectivity index (χ1v) is 3.74. The van der Waals surface area contributed by atoms with Crippen LogP contribution < -0.4 is 24.6 Å². The second-order valence-corrected chi connectivity index (χ2v) is 2.47. The van der Waals surface area contributed by atoms with E-state index in [2.05, 4.69) is 0 Å². The van der Waals surface area contributed by atoms with Gasteiger partial charge in [0.1, 0.15) is 0 Å². The standard InChI is InChI=1S/C7H9N.C2H3F3.Li.H/c8-6-7-4-2-1-3-5-7;1-2(3,4)5;;/h1-5H,6,8H2;1H3;;/q;;+1;-1. The van der Waals surface area contributed by atoms with Crippen molar-refractivity contribution < 1.29 is 33.5 Å². The summed E-state index contributed by atoms with van der Waals surface area (Å²) in [5, 5.41) is 0. The van der Waals surface area contributed by atoms with E-state index in [4.69, 9.17) is 5.73 Å². The molecule has 0 saturated heterocycles. The van der Waals surface area contributed by atoms with Gasteiger partial charge in [-0.3, -0.25) is 0 Å². The van der Waals surface area contributed by atoms with Gasteiger partial charge in [0.15, 0.2) is 0 Å². The first kappa shape index (κ1) is 16.0. The van der Waals surface area contributed by atoms with Gasteiger partial charge in [0.05, 0.1) is 0 Å². The Morgan fingerprint density at radius 2 is 1.57 bits per heavy atom. The average molecular weight is 199 g/mol. The molecule has 1 aromatic carbocycles. The van der Waals surface area contributed by atoms with Crippen molar-refractivity contribution >= 4 is 0 Å². The molecule has 0 radical (unpaired) electrons. The Morgan fingerprint density at radius 1 is 1.21 bits per heavy atom. The second-order valence-electron chi connectivity index (χ2n) is 2.47. The number of rotatable bonds is 1. The minimum absolute atomic E-state index is 0. The van der Waals surface area contributed by atoms with Crippen molar-refractivity contribution in [2.45, 2.75) is 19.6 Å². The Morgan fingerprint density at radius 3 is 1.79 bits per heavy atom. The first-order chi connectivity index (χ1) is 5.93. The van der Waals surface area contributed by atoms with Gasteiger partial charge in [-0.25, -0.2) is 0 Å². The van der Waals surface area contributed by atoms with Crippen molar-refractivity contribution in [3.63, 3.8) is 0 Å². The van der Waals surface area contributed by atoms with Crippen LogP contribution in [0, 0.1) is 0 Å². The maximum Gasteiger partial charge on any atom is 1.00 e. The van der Waals surface area contributed by atoms with Crippen LogP contribution in [-0.2, 0) is 6.54 Å². The van der Waals surface area contributed by atoms with E-state index >= 15 is 0 Å². The van der Waals surface area contributed by atoms with E-state index in [9.17, 15) is 13.2 Å². The molecule has 0 saturated carbocycles. The monoisotopic (exact) mass is 199 g/mol. The molecule has 5 heteroatoms. The van der Waals surface area contributed by atoms with E-state index in [0.717, 1.165) is 0 Å². The number of halogens is 3. The van der Waals surface area contributed by atoms with E-state index in [1.165, 1.54) is 5.56 Å².